The highest BCUT2D eigenvalue weighted by atomic mass is 16.5. The largest absolute Gasteiger partial charge is 0.493 e. The summed E-state index contributed by atoms with van der Waals surface area (Å²) in [5.41, 5.74) is 1.35. The van der Waals surface area contributed by atoms with Crippen LogP contribution in [0.2, 0.25) is 0 Å². The number of hydrogen-bond donors (Lipinski definition) is 0. The smallest absolute Gasteiger partial charge is 0.164 e. The SMILES string of the molecule is CCC1CC2CC1C1Oc3c(cccc3OC)CC21. The van der Waals surface area contributed by atoms with E-state index in [1.807, 2.05) is 6.07 Å². The summed E-state index contributed by atoms with van der Waals surface area (Å²) >= 11 is 0. The van der Waals surface area contributed by atoms with Gasteiger partial charge < -0.3 is 9.47 Å². The Morgan fingerprint density at radius 1 is 1.26 bits per heavy atom. The fraction of sp³-hybridized carbons (Fsp3) is 0.647. The highest BCUT2D eigenvalue weighted by Crippen LogP contribution is 2.57. The number of rotatable bonds is 2. The van der Waals surface area contributed by atoms with Gasteiger partial charge in [0.15, 0.2) is 11.5 Å². The molecule has 1 heterocycles. The van der Waals surface area contributed by atoms with Crippen molar-refractivity contribution in [2.45, 2.75) is 38.7 Å². The van der Waals surface area contributed by atoms with Crippen LogP contribution in [0.1, 0.15) is 31.7 Å². The van der Waals surface area contributed by atoms with E-state index in [2.05, 4.69) is 19.1 Å². The Morgan fingerprint density at radius 2 is 2.16 bits per heavy atom. The summed E-state index contributed by atoms with van der Waals surface area (Å²) in [7, 11) is 1.74. The van der Waals surface area contributed by atoms with Crippen LogP contribution >= 0.6 is 0 Å². The number of hydrogen-bond acceptors (Lipinski definition) is 2. The molecule has 19 heavy (non-hydrogen) atoms. The highest BCUT2D eigenvalue weighted by molar-refractivity contribution is 5.48. The molecule has 102 valence electrons. The Labute approximate surface area is 115 Å². The monoisotopic (exact) mass is 258 g/mol. The van der Waals surface area contributed by atoms with Crippen LogP contribution in [0.3, 0.4) is 0 Å². The van der Waals surface area contributed by atoms with Gasteiger partial charge in [-0.25, -0.2) is 0 Å². The van der Waals surface area contributed by atoms with Crippen molar-refractivity contribution in [1.82, 2.24) is 0 Å². The molecule has 2 bridgehead atoms. The molecule has 4 rings (SSSR count). The number of benzene rings is 1. The Morgan fingerprint density at radius 3 is 2.95 bits per heavy atom. The van der Waals surface area contributed by atoms with E-state index in [0.29, 0.717) is 6.10 Å². The van der Waals surface area contributed by atoms with Gasteiger partial charge in [0.1, 0.15) is 6.10 Å². The topological polar surface area (TPSA) is 18.5 Å². The minimum atomic E-state index is 0.451. The third-order valence-corrected chi connectivity index (χ3v) is 5.75. The second-order valence-corrected chi connectivity index (χ2v) is 6.46. The molecule has 2 nitrogen and oxygen atoms in total. The molecule has 2 heteroatoms. The summed E-state index contributed by atoms with van der Waals surface area (Å²) in [5.74, 6) is 5.27. The van der Waals surface area contributed by atoms with Crippen molar-refractivity contribution in [3.63, 3.8) is 0 Å². The van der Waals surface area contributed by atoms with Crippen molar-refractivity contribution in [3.05, 3.63) is 23.8 Å². The Balaban J connectivity index is 1.69. The summed E-state index contributed by atoms with van der Waals surface area (Å²) in [5, 5.41) is 0. The highest BCUT2D eigenvalue weighted by Gasteiger charge is 2.54. The van der Waals surface area contributed by atoms with E-state index in [9.17, 15) is 0 Å². The molecule has 5 unspecified atom stereocenters. The first kappa shape index (κ1) is 11.6. The van der Waals surface area contributed by atoms with E-state index < -0.39 is 0 Å². The van der Waals surface area contributed by atoms with Gasteiger partial charge in [-0.2, -0.15) is 0 Å². The molecular formula is C17H22O2. The molecule has 0 amide bonds. The zero-order valence-electron chi connectivity index (χ0n) is 11.8. The van der Waals surface area contributed by atoms with Crippen LogP contribution in [0.15, 0.2) is 18.2 Å². The van der Waals surface area contributed by atoms with Crippen LogP contribution in [0.4, 0.5) is 0 Å². The quantitative estimate of drug-likeness (QED) is 0.805. The Hall–Kier alpha value is -1.18. The standard InChI is InChI=1S/C17H22O2/c1-3-10-7-12-9-13(10)17-14(12)8-11-5-4-6-15(18-2)16(11)19-17/h4-6,10,12-14,17H,3,7-9H2,1-2H3. The number of ether oxygens (including phenoxy) is 2. The minimum absolute atomic E-state index is 0.451. The van der Waals surface area contributed by atoms with Gasteiger partial charge in [0.25, 0.3) is 0 Å². The lowest BCUT2D eigenvalue weighted by molar-refractivity contribution is 0.0344. The van der Waals surface area contributed by atoms with E-state index in [-0.39, 0.29) is 0 Å². The van der Waals surface area contributed by atoms with E-state index >= 15 is 0 Å². The molecule has 1 aromatic carbocycles. The van der Waals surface area contributed by atoms with Gasteiger partial charge in [0.2, 0.25) is 0 Å². The maximum Gasteiger partial charge on any atom is 0.164 e. The molecule has 1 aliphatic heterocycles. The third kappa shape index (κ3) is 1.55. The molecule has 2 saturated carbocycles. The number of fused-ring (bicyclic) bond motifs is 6. The van der Waals surface area contributed by atoms with E-state index in [1.165, 1.54) is 31.2 Å². The molecule has 0 spiro atoms. The first-order valence-corrected chi connectivity index (χ1v) is 7.64. The lowest BCUT2D eigenvalue weighted by Gasteiger charge is -2.40. The number of para-hydroxylation sites is 1. The van der Waals surface area contributed by atoms with E-state index in [4.69, 9.17) is 9.47 Å². The predicted octanol–water partition coefficient (Wildman–Crippen LogP) is 3.68. The molecule has 2 fully saturated rings. The Bertz CT molecular complexity index is 496. The fourth-order valence-corrected chi connectivity index (χ4v) is 4.87. The van der Waals surface area contributed by atoms with Crippen molar-refractivity contribution in [2.24, 2.45) is 23.7 Å². The molecule has 5 atom stereocenters. The van der Waals surface area contributed by atoms with Gasteiger partial charge in [-0.1, -0.05) is 25.5 Å². The van der Waals surface area contributed by atoms with E-state index in [1.54, 1.807) is 7.11 Å². The third-order valence-electron chi connectivity index (χ3n) is 5.75. The van der Waals surface area contributed by atoms with Crippen LogP contribution in [0.25, 0.3) is 0 Å². The maximum atomic E-state index is 6.42. The van der Waals surface area contributed by atoms with Crippen LogP contribution in [-0.4, -0.2) is 13.2 Å². The van der Waals surface area contributed by atoms with Gasteiger partial charge in [0.05, 0.1) is 7.11 Å². The number of methoxy groups -OCH3 is 1. The van der Waals surface area contributed by atoms with Gasteiger partial charge in [-0.3, -0.25) is 0 Å². The second-order valence-electron chi connectivity index (χ2n) is 6.46. The van der Waals surface area contributed by atoms with Gasteiger partial charge in [-0.15, -0.1) is 0 Å². The summed E-state index contributed by atoms with van der Waals surface area (Å²) in [6.07, 6.45) is 5.78. The maximum absolute atomic E-state index is 6.42. The average molecular weight is 258 g/mol. The zero-order valence-corrected chi connectivity index (χ0v) is 11.8. The second kappa shape index (κ2) is 4.16. The molecule has 0 aromatic heterocycles. The van der Waals surface area contributed by atoms with Crippen LogP contribution in [0.5, 0.6) is 11.5 Å². The van der Waals surface area contributed by atoms with Crippen LogP contribution in [-0.2, 0) is 6.42 Å². The van der Waals surface area contributed by atoms with Crippen molar-refractivity contribution in [2.75, 3.05) is 7.11 Å². The molecule has 3 aliphatic rings. The summed E-state index contributed by atoms with van der Waals surface area (Å²) in [6.45, 7) is 2.33. The van der Waals surface area contributed by atoms with Gasteiger partial charge in [0, 0.05) is 5.92 Å². The van der Waals surface area contributed by atoms with Crippen LogP contribution < -0.4 is 9.47 Å². The minimum Gasteiger partial charge on any atom is -0.493 e. The fourth-order valence-electron chi connectivity index (χ4n) is 4.87. The van der Waals surface area contributed by atoms with Crippen LogP contribution in [0, 0.1) is 23.7 Å². The first-order valence-electron chi connectivity index (χ1n) is 7.64. The zero-order chi connectivity index (χ0) is 13.0. The van der Waals surface area contributed by atoms with Crippen molar-refractivity contribution in [1.29, 1.82) is 0 Å². The van der Waals surface area contributed by atoms with Crippen molar-refractivity contribution < 1.29 is 9.47 Å². The molecule has 2 aliphatic carbocycles. The van der Waals surface area contributed by atoms with Gasteiger partial charge >= 0.3 is 0 Å². The van der Waals surface area contributed by atoms with Crippen molar-refractivity contribution >= 4 is 0 Å². The Kier molecular flexibility index (Phi) is 2.54. The van der Waals surface area contributed by atoms with Gasteiger partial charge in [-0.05, 0) is 48.6 Å². The summed E-state index contributed by atoms with van der Waals surface area (Å²) in [6, 6.07) is 6.31. The predicted molar refractivity (Wildman–Crippen MR) is 74.6 cm³/mol. The van der Waals surface area contributed by atoms with E-state index in [0.717, 1.165) is 35.2 Å². The first-order chi connectivity index (χ1) is 9.31. The van der Waals surface area contributed by atoms with Crippen molar-refractivity contribution in [3.8, 4) is 11.5 Å². The normalized spacial score (nSPS) is 38.5. The molecule has 0 N–H and O–H groups in total. The summed E-state index contributed by atoms with van der Waals surface area (Å²) < 4.78 is 11.9. The lowest BCUT2D eigenvalue weighted by atomic mass is 9.75. The lowest BCUT2D eigenvalue weighted by Crippen LogP contribution is -2.41. The molecule has 0 radical (unpaired) electrons. The summed E-state index contributed by atoms with van der Waals surface area (Å²) in [4.78, 5) is 0. The molecule has 1 aromatic rings. The molecule has 0 saturated heterocycles. The molecular weight excluding hydrogens is 236 g/mol. The average Bonchev–Trinajstić information content (AvgIpc) is 3.02.